The smallest absolute Gasteiger partial charge is 0.221 e. The van der Waals surface area contributed by atoms with Gasteiger partial charge in [0, 0.05) is 31.1 Å². The Morgan fingerprint density at radius 1 is 1.16 bits per heavy atom. The van der Waals surface area contributed by atoms with Crippen LogP contribution in [0.25, 0.3) is 0 Å². The summed E-state index contributed by atoms with van der Waals surface area (Å²) < 4.78 is 6.49. The molecule has 1 aliphatic carbocycles. The fourth-order valence-electron chi connectivity index (χ4n) is 4.68. The summed E-state index contributed by atoms with van der Waals surface area (Å²) in [6.07, 6.45) is 5.64. The van der Waals surface area contributed by atoms with E-state index in [4.69, 9.17) is 9.73 Å². The molecule has 2 aromatic carbocycles. The number of carbonyl (C=O) groups is 1. The van der Waals surface area contributed by atoms with Gasteiger partial charge in [-0.05, 0) is 56.4 Å². The summed E-state index contributed by atoms with van der Waals surface area (Å²) in [6, 6.07) is 16.3. The van der Waals surface area contributed by atoms with Crippen molar-refractivity contribution >= 4 is 17.6 Å². The van der Waals surface area contributed by atoms with E-state index in [2.05, 4.69) is 41.1 Å². The molecule has 1 aliphatic heterocycles. The number of guanidine groups is 1. The predicted molar refractivity (Wildman–Crippen MR) is 124 cm³/mol. The number of para-hydroxylation sites is 1. The summed E-state index contributed by atoms with van der Waals surface area (Å²) in [5, 5.41) is 9.89. The fourth-order valence-corrected chi connectivity index (χ4v) is 4.68. The minimum atomic E-state index is -0.0744. The first-order valence-corrected chi connectivity index (χ1v) is 11.3. The van der Waals surface area contributed by atoms with E-state index in [1.165, 1.54) is 25.3 Å². The van der Waals surface area contributed by atoms with Crippen LogP contribution < -0.4 is 20.7 Å². The lowest BCUT2D eigenvalue weighted by atomic mass is 9.86. The number of ether oxygens (including phenoxy) is 1. The molecule has 1 heterocycles. The van der Waals surface area contributed by atoms with Crippen LogP contribution in [0.2, 0.25) is 0 Å². The number of nitrogens with zero attached hydrogens (tertiary/aromatic N) is 1. The molecule has 0 bridgehead atoms. The van der Waals surface area contributed by atoms with Crippen molar-refractivity contribution in [3.05, 3.63) is 59.7 Å². The van der Waals surface area contributed by atoms with Gasteiger partial charge in [0.15, 0.2) is 5.96 Å². The SMILES string of the molecule is CCNC(=NCc1cccc(NC(C)=O)c1)NC1CC2(CCCC2)Oc2ccccc21. The number of hydrogen-bond acceptors (Lipinski definition) is 3. The van der Waals surface area contributed by atoms with Crippen LogP contribution in [0.3, 0.4) is 0 Å². The molecule has 0 saturated heterocycles. The van der Waals surface area contributed by atoms with Crippen LogP contribution in [-0.4, -0.2) is 24.0 Å². The highest BCUT2D eigenvalue weighted by Crippen LogP contribution is 2.46. The number of aliphatic imine (C=N–C) groups is 1. The number of nitrogens with one attached hydrogen (secondary N) is 3. The molecule has 1 atom stereocenters. The molecule has 0 aromatic heterocycles. The Bertz CT molecular complexity index is 950. The van der Waals surface area contributed by atoms with Gasteiger partial charge in [0.1, 0.15) is 11.4 Å². The van der Waals surface area contributed by atoms with E-state index in [1.807, 2.05) is 30.3 Å². The largest absolute Gasteiger partial charge is 0.487 e. The molecular formula is C25H32N4O2. The van der Waals surface area contributed by atoms with Gasteiger partial charge in [-0.3, -0.25) is 4.79 Å². The van der Waals surface area contributed by atoms with E-state index in [1.54, 1.807) is 0 Å². The van der Waals surface area contributed by atoms with Crippen LogP contribution >= 0.6 is 0 Å². The number of benzene rings is 2. The molecule has 6 heteroatoms. The number of amides is 1. The van der Waals surface area contributed by atoms with Crippen LogP contribution in [0.15, 0.2) is 53.5 Å². The predicted octanol–water partition coefficient (Wildman–Crippen LogP) is 4.54. The lowest BCUT2D eigenvalue weighted by molar-refractivity contribution is -0.114. The highest BCUT2D eigenvalue weighted by Gasteiger charge is 2.43. The second-order valence-electron chi connectivity index (χ2n) is 8.51. The molecule has 2 aromatic rings. The van der Waals surface area contributed by atoms with Crippen LogP contribution in [0.4, 0.5) is 5.69 Å². The second-order valence-corrected chi connectivity index (χ2v) is 8.51. The normalized spacial score (nSPS) is 19.4. The van der Waals surface area contributed by atoms with Gasteiger partial charge in [0.2, 0.25) is 5.91 Å². The van der Waals surface area contributed by atoms with E-state index in [9.17, 15) is 4.79 Å². The third-order valence-electron chi connectivity index (χ3n) is 6.03. The van der Waals surface area contributed by atoms with Gasteiger partial charge in [0.25, 0.3) is 0 Å². The van der Waals surface area contributed by atoms with Gasteiger partial charge >= 0.3 is 0 Å². The molecule has 0 radical (unpaired) electrons. The maximum Gasteiger partial charge on any atom is 0.221 e. The van der Waals surface area contributed by atoms with E-state index in [0.717, 1.165) is 48.8 Å². The first kappa shape index (κ1) is 21.2. The summed E-state index contributed by atoms with van der Waals surface area (Å²) in [6.45, 7) is 4.90. The maximum atomic E-state index is 11.3. The van der Waals surface area contributed by atoms with E-state index in [-0.39, 0.29) is 17.6 Å². The number of carbonyl (C=O) groups excluding carboxylic acids is 1. The Hall–Kier alpha value is -3.02. The molecule has 6 nitrogen and oxygen atoms in total. The minimum Gasteiger partial charge on any atom is -0.487 e. The average molecular weight is 421 g/mol. The van der Waals surface area contributed by atoms with Crippen LogP contribution in [0, 0.1) is 0 Å². The summed E-state index contributed by atoms with van der Waals surface area (Å²) in [5.41, 5.74) is 2.97. The zero-order valence-corrected chi connectivity index (χ0v) is 18.4. The number of fused-ring (bicyclic) bond motifs is 1. The Kier molecular flexibility index (Phi) is 6.44. The molecule has 3 N–H and O–H groups in total. The molecule has 1 spiro atoms. The van der Waals surface area contributed by atoms with Crippen molar-refractivity contribution in [2.24, 2.45) is 4.99 Å². The van der Waals surface area contributed by atoms with Crippen LogP contribution in [0.5, 0.6) is 5.75 Å². The molecule has 2 aliphatic rings. The Morgan fingerprint density at radius 3 is 2.74 bits per heavy atom. The van der Waals surface area contributed by atoms with Gasteiger partial charge in [-0.15, -0.1) is 0 Å². The topological polar surface area (TPSA) is 74.8 Å². The third-order valence-corrected chi connectivity index (χ3v) is 6.03. The van der Waals surface area contributed by atoms with Gasteiger partial charge in [-0.25, -0.2) is 4.99 Å². The van der Waals surface area contributed by atoms with E-state index >= 15 is 0 Å². The summed E-state index contributed by atoms with van der Waals surface area (Å²) >= 11 is 0. The number of rotatable bonds is 5. The Morgan fingerprint density at radius 2 is 1.97 bits per heavy atom. The Balaban J connectivity index is 1.53. The summed E-state index contributed by atoms with van der Waals surface area (Å²) in [4.78, 5) is 16.2. The summed E-state index contributed by atoms with van der Waals surface area (Å²) in [5.74, 6) is 1.71. The average Bonchev–Trinajstić information content (AvgIpc) is 3.19. The maximum absolute atomic E-state index is 11.3. The van der Waals surface area contributed by atoms with Gasteiger partial charge in [0.05, 0.1) is 12.6 Å². The molecule has 1 saturated carbocycles. The zero-order chi connectivity index (χ0) is 21.7. The van der Waals surface area contributed by atoms with Gasteiger partial charge in [-0.1, -0.05) is 30.3 Å². The second kappa shape index (κ2) is 9.41. The van der Waals surface area contributed by atoms with Crippen molar-refractivity contribution < 1.29 is 9.53 Å². The Labute approximate surface area is 184 Å². The quantitative estimate of drug-likeness (QED) is 0.490. The van der Waals surface area contributed by atoms with Crippen molar-refractivity contribution in [3.63, 3.8) is 0 Å². The van der Waals surface area contributed by atoms with Crippen molar-refractivity contribution in [3.8, 4) is 5.75 Å². The van der Waals surface area contributed by atoms with Crippen molar-refractivity contribution in [2.75, 3.05) is 11.9 Å². The van der Waals surface area contributed by atoms with Gasteiger partial charge < -0.3 is 20.7 Å². The van der Waals surface area contributed by atoms with Gasteiger partial charge in [-0.2, -0.15) is 0 Å². The van der Waals surface area contributed by atoms with Crippen molar-refractivity contribution in [2.45, 2.75) is 64.1 Å². The first-order valence-electron chi connectivity index (χ1n) is 11.3. The van der Waals surface area contributed by atoms with E-state index < -0.39 is 0 Å². The molecule has 164 valence electrons. The highest BCUT2D eigenvalue weighted by molar-refractivity contribution is 5.88. The fraction of sp³-hybridized carbons (Fsp3) is 0.440. The molecular weight excluding hydrogens is 388 g/mol. The molecule has 1 amide bonds. The standard InChI is InChI=1S/C25H32N4O2/c1-3-26-24(27-17-19-9-8-10-20(15-19)28-18(2)30)29-22-16-25(13-6-7-14-25)31-23-12-5-4-11-21(22)23/h4-5,8-12,15,22H,3,6-7,13-14,16-17H2,1-2H3,(H,28,30)(H2,26,27,29). The summed E-state index contributed by atoms with van der Waals surface area (Å²) in [7, 11) is 0. The lowest BCUT2D eigenvalue weighted by Crippen LogP contribution is -2.46. The van der Waals surface area contributed by atoms with Crippen molar-refractivity contribution in [1.82, 2.24) is 10.6 Å². The van der Waals surface area contributed by atoms with E-state index in [0.29, 0.717) is 6.54 Å². The number of anilines is 1. The van der Waals surface area contributed by atoms with Crippen LogP contribution in [0.1, 0.15) is 63.1 Å². The molecule has 1 fully saturated rings. The molecule has 1 unspecified atom stereocenters. The molecule has 31 heavy (non-hydrogen) atoms. The first-order chi connectivity index (χ1) is 15.1. The van der Waals surface area contributed by atoms with Crippen molar-refractivity contribution in [1.29, 1.82) is 0 Å². The number of hydrogen-bond donors (Lipinski definition) is 3. The highest BCUT2D eigenvalue weighted by atomic mass is 16.5. The third kappa shape index (κ3) is 5.19. The minimum absolute atomic E-state index is 0.0595. The van der Waals surface area contributed by atoms with Crippen LogP contribution in [-0.2, 0) is 11.3 Å². The molecule has 4 rings (SSSR count). The zero-order valence-electron chi connectivity index (χ0n) is 18.4. The lowest BCUT2D eigenvalue weighted by Gasteiger charge is -2.40. The monoisotopic (exact) mass is 420 g/mol.